The number of benzene rings is 1. The van der Waals surface area contributed by atoms with Gasteiger partial charge in [-0.15, -0.1) is 0 Å². The van der Waals surface area contributed by atoms with E-state index in [-0.39, 0.29) is 0 Å². The fourth-order valence-corrected chi connectivity index (χ4v) is 3.26. The van der Waals surface area contributed by atoms with E-state index in [1.165, 1.54) is 21.9 Å². The molecule has 1 aromatic rings. The summed E-state index contributed by atoms with van der Waals surface area (Å²) >= 11 is 0. The second-order valence-corrected chi connectivity index (χ2v) is 6.58. The van der Waals surface area contributed by atoms with Crippen LogP contribution in [0.4, 0.5) is 0 Å². The van der Waals surface area contributed by atoms with Gasteiger partial charge in [-0.3, -0.25) is 0 Å². The Morgan fingerprint density at radius 1 is 1.17 bits per heavy atom. The molecule has 0 radical (unpaired) electrons. The highest BCUT2D eigenvalue weighted by molar-refractivity contribution is 6.51. The molecule has 0 aliphatic rings. The molecular formula is C9H16OSi2. The molecule has 0 amide bonds. The molecule has 0 atom stereocenters. The van der Waals surface area contributed by atoms with E-state index in [0.29, 0.717) is 0 Å². The van der Waals surface area contributed by atoms with Crippen LogP contribution in [0.3, 0.4) is 0 Å². The van der Waals surface area contributed by atoms with Gasteiger partial charge in [-0.2, -0.15) is 0 Å². The van der Waals surface area contributed by atoms with Crippen LogP contribution in [0.15, 0.2) is 12.1 Å². The molecule has 1 nitrogen and oxygen atoms in total. The lowest BCUT2D eigenvalue weighted by molar-refractivity contribution is 0.676. The van der Waals surface area contributed by atoms with E-state index in [1.807, 2.05) is 0 Å². The summed E-state index contributed by atoms with van der Waals surface area (Å²) in [5, 5.41) is 1.47. The SMILES string of the molecule is Cc1ccc([SiH2]O[SiH3])c(C)c1C. The van der Waals surface area contributed by atoms with E-state index < -0.39 is 9.76 Å². The highest BCUT2D eigenvalue weighted by atomic mass is 28.3. The number of aryl methyl sites for hydroxylation is 1. The van der Waals surface area contributed by atoms with Crippen molar-refractivity contribution < 1.29 is 4.12 Å². The molecule has 0 spiro atoms. The van der Waals surface area contributed by atoms with E-state index >= 15 is 0 Å². The van der Waals surface area contributed by atoms with Gasteiger partial charge in [0, 0.05) is 0 Å². The average molecular weight is 196 g/mol. The van der Waals surface area contributed by atoms with Gasteiger partial charge >= 0.3 is 0 Å². The van der Waals surface area contributed by atoms with Crippen molar-refractivity contribution >= 4 is 25.4 Å². The predicted octanol–water partition coefficient (Wildman–Crippen LogP) is -0.382. The van der Waals surface area contributed by atoms with Crippen molar-refractivity contribution in [3.05, 3.63) is 28.8 Å². The molecule has 66 valence electrons. The van der Waals surface area contributed by atoms with E-state index in [0.717, 1.165) is 10.5 Å². The Bertz CT molecular complexity index is 284. The third-order valence-corrected chi connectivity index (χ3v) is 4.70. The molecule has 0 heterocycles. The zero-order chi connectivity index (χ0) is 9.14. The second-order valence-electron chi connectivity index (χ2n) is 3.22. The maximum absolute atomic E-state index is 5.38. The van der Waals surface area contributed by atoms with Crippen LogP contribution < -0.4 is 5.19 Å². The highest BCUT2D eigenvalue weighted by Gasteiger charge is 2.02. The molecule has 0 unspecified atom stereocenters. The highest BCUT2D eigenvalue weighted by Crippen LogP contribution is 2.08. The minimum absolute atomic E-state index is 0.406. The Kier molecular flexibility index (Phi) is 3.25. The molecule has 1 aromatic carbocycles. The van der Waals surface area contributed by atoms with Crippen LogP contribution in [0.2, 0.25) is 0 Å². The third-order valence-electron chi connectivity index (χ3n) is 2.47. The first-order chi connectivity index (χ1) is 5.66. The van der Waals surface area contributed by atoms with Gasteiger partial charge in [0.15, 0.2) is 9.76 Å². The topological polar surface area (TPSA) is 9.23 Å². The molecule has 3 heteroatoms. The summed E-state index contributed by atoms with van der Waals surface area (Å²) in [5.41, 5.74) is 4.26. The summed E-state index contributed by atoms with van der Waals surface area (Å²) in [6.45, 7) is 6.55. The van der Waals surface area contributed by atoms with E-state index in [2.05, 4.69) is 32.9 Å². The Morgan fingerprint density at radius 3 is 2.42 bits per heavy atom. The first kappa shape index (κ1) is 9.70. The zero-order valence-electron chi connectivity index (χ0n) is 8.27. The normalized spacial score (nSPS) is 11.6. The quantitative estimate of drug-likeness (QED) is 0.586. The lowest BCUT2D eigenvalue weighted by Crippen LogP contribution is -2.20. The van der Waals surface area contributed by atoms with Crippen LogP contribution in [-0.2, 0) is 4.12 Å². The lowest BCUT2D eigenvalue weighted by Gasteiger charge is -2.09. The van der Waals surface area contributed by atoms with Gasteiger partial charge in [0.05, 0.1) is 0 Å². The van der Waals surface area contributed by atoms with Gasteiger partial charge in [-0.25, -0.2) is 0 Å². The number of hydrogen-bond acceptors (Lipinski definition) is 1. The molecule has 0 bridgehead atoms. The van der Waals surface area contributed by atoms with E-state index in [1.54, 1.807) is 0 Å². The van der Waals surface area contributed by atoms with Crippen molar-refractivity contribution in [1.82, 2.24) is 0 Å². The lowest BCUT2D eigenvalue weighted by atomic mass is 10.1. The smallest absolute Gasteiger partial charge is 0.178 e. The molecule has 0 N–H and O–H groups in total. The first-order valence-electron chi connectivity index (χ1n) is 4.21. The van der Waals surface area contributed by atoms with Crippen molar-refractivity contribution in [3.63, 3.8) is 0 Å². The summed E-state index contributed by atoms with van der Waals surface area (Å²) < 4.78 is 5.38. The maximum Gasteiger partial charge on any atom is 0.178 e. The van der Waals surface area contributed by atoms with Crippen LogP contribution in [0.25, 0.3) is 0 Å². The molecule has 1 rings (SSSR count). The Labute approximate surface area is 79.6 Å². The molecule has 0 aromatic heterocycles. The maximum atomic E-state index is 5.38. The van der Waals surface area contributed by atoms with Gasteiger partial charge in [-0.1, -0.05) is 12.1 Å². The zero-order valence-corrected chi connectivity index (χ0v) is 11.7. The summed E-state index contributed by atoms with van der Waals surface area (Å²) in [4.78, 5) is 0. The molecule has 0 saturated heterocycles. The van der Waals surface area contributed by atoms with Gasteiger partial charge in [0.1, 0.15) is 10.5 Å². The molecule has 12 heavy (non-hydrogen) atoms. The van der Waals surface area contributed by atoms with Gasteiger partial charge in [0.25, 0.3) is 0 Å². The average Bonchev–Trinajstić information content (AvgIpc) is 2.07. The molecule has 0 fully saturated rings. The largest absolute Gasteiger partial charge is 0.465 e. The minimum Gasteiger partial charge on any atom is -0.465 e. The van der Waals surface area contributed by atoms with Crippen molar-refractivity contribution in [3.8, 4) is 0 Å². The van der Waals surface area contributed by atoms with Crippen molar-refractivity contribution in [2.75, 3.05) is 0 Å². The molecule has 0 aliphatic heterocycles. The first-order valence-corrected chi connectivity index (χ1v) is 6.31. The summed E-state index contributed by atoms with van der Waals surface area (Å²) in [6, 6.07) is 4.42. The Morgan fingerprint density at radius 2 is 1.83 bits per heavy atom. The van der Waals surface area contributed by atoms with E-state index in [9.17, 15) is 0 Å². The minimum atomic E-state index is -0.406. The summed E-state index contributed by atoms with van der Waals surface area (Å²) in [6.07, 6.45) is 0. The monoisotopic (exact) mass is 196 g/mol. The fraction of sp³-hybridized carbons (Fsp3) is 0.333. The summed E-state index contributed by atoms with van der Waals surface area (Å²) in [5.74, 6) is 0. The standard InChI is InChI=1S/C9H16OSi2/c1-6-4-5-9(12-10-11)8(3)7(6)2/h4-5H,12H2,1-3,11H3. The van der Waals surface area contributed by atoms with Gasteiger partial charge in [0.2, 0.25) is 0 Å². The fourth-order valence-electron chi connectivity index (χ4n) is 1.32. The van der Waals surface area contributed by atoms with Gasteiger partial charge in [-0.05, 0) is 42.6 Å². The Hall–Kier alpha value is -0.386. The molecule has 0 saturated carbocycles. The predicted molar refractivity (Wildman–Crippen MR) is 59.9 cm³/mol. The van der Waals surface area contributed by atoms with Crippen LogP contribution >= 0.6 is 0 Å². The third kappa shape index (κ3) is 1.85. The molecule has 0 aliphatic carbocycles. The van der Waals surface area contributed by atoms with E-state index in [4.69, 9.17) is 4.12 Å². The van der Waals surface area contributed by atoms with Crippen LogP contribution in [0.5, 0.6) is 0 Å². The van der Waals surface area contributed by atoms with Crippen molar-refractivity contribution in [2.45, 2.75) is 20.8 Å². The number of rotatable bonds is 2. The van der Waals surface area contributed by atoms with Crippen LogP contribution in [0.1, 0.15) is 16.7 Å². The number of hydrogen-bond donors (Lipinski definition) is 0. The Balaban J connectivity index is 3.08. The second kappa shape index (κ2) is 4.02. The van der Waals surface area contributed by atoms with Gasteiger partial charge < -0.3 is 4.12 Å². The summed E-state index contributed by atoms with van der Waals surface area (Å²) in [7, 11) is 0.474. The van der Waals surface area contributed by atoms with Crippen molar-refractivity contribution in [1.29, 1.82) is 0 Å². The van der Waals surface area contributed by atoms with Crippen molar-refractivity contribution in [2.24, 2.45) is 0 Å². The molecular weight excluding hydrogens is 180 g/mol. The van der Waals surface area contributed by atoms with Crippen LogP contribution in [0, 0.1) is 20.8 Å². The van der Waals surface area contributed by atoms with Crippen LogP contribution in [-0.4, -0.2) is 20.2 Å².